The summed E-state index contributed by atoms with van der Waals surface area (Å²) in [6.07, 6.45) is 3.48. The van der Waals surface area contributed by atoms with Gasteiger partial charge in [0.1, 0.15) is 10.6 Å². The molecule has 1 atom stereocenters. The first kappa shape index (κ1) is 14.6. The van der Waals surface area contributed by atoms with Crippen LogP contribution >= 0.6 is 15.9 Å². The lowest BCUT2D eigenvalue weighted by Crippen LogP contribution is -2.40. The van der Waals surface area contributed by atoms with Crippen molar-refractivity contribution >= 4 is 27.8 Å². The number of nitrogens with zero attached hydrogens (tertiary/aromatic N) is 1. The van der Waals surface area contributed by atoms with Gasteiger partial charge in [0.2, 0.25) is 0 Å². The number of nitrogens with one attached hydrogen (secondary N) is 1. The average molecular weight is 315 g/mol. The minimum absolute atomic E-state index is 0.348. The second-order valence-electron chi connectivity index (χ2n) is 3.88. The number of halogens is 1. The zero-order valence-corrected chi connectivity index (χ0v) is 11.6. The topological polar surface area (TPSA) is 79.3 Å². The number of unbranched alkanes of at least 4 members (excludes halogenated alkanes) is 1. The van der Waals surface area contributed by atoms with E-state index in [9.17, 15) is 9.59 Å². The van der Waals surface area contributed by atoms with E-state index >= 15 is 0 Å². The number of hydrogen-bond acceptors (Lipinski definition) is 3. The van der Waals surface area contributed by atoms with Crippen molar-refractivity contribution in [1.29, 1.82) is 0 Å². The van der Waals surface area contributed by atoms with Crippen LogP contribution in [0.25, 0.3) is 0 Å². The third-order valence-electron chi connectivity index (χ3n) is 2.44. The number of hydrogen-bond donors (Lipinski definition) is 2. The maximum Gasteiger partial charge on any atom is 0.326 e. The number of aliphatic carboxylic acids is 1. The summed E-state index contributed by atoms with van der Waals surface area (Å²) in [7, 11) is 0. The lowest BCUT2D eigenvalue weighted by molar-refractivity contribution is -0.139. The van der Waals surface area contributed by atoms with E-state index in [4.69, 9.17) is 5.11 Å². The van der Waals surface area contributed by atoms with Crippen molar-refractivity contribution in [1.82, 2.24) is 10.3 Å². The molecule has 1 aromatic heterocycles. The van der Waals surface area contributed by atoms with Gasteiger partial charge in [-0.3, -0.25) is 4.79 Å². The van der Waals surface area contributed by atoms with Crippen LogP contribution in [0.3, 0.4) is 0 Å². The summed E-state index contributed by atoms with van der Waals surface area (Å²) in [5, 5.41) is 11.5. The van der Waals surface area contributed by atoms with Gasteiger partial charge in [0, 0.05) is 6.20 Å². The van der Waals surface area contributed by atoms with Crippen molar-refractivity contribution in [3.63, 3.8) is 0 Å². The molecule has 1 rings (SSSR count). The highest BCUT2D eigenvalue weighted by atomic mass is 79.9. The number of pyridine rings is 1. The normalized spacial score (nSPS) is 11.9. The Labute approximate surface area is 114 Å². The quantitative estimate of drug-likeness (QED) is 0.789. The molecule has 0 fully saturated rings. The monoisotopic (exact) mass is 314 g/mol. The van der Waals surface area contributed by atoms with Gasteiger partial charge >= 0.3 is 5.97 Å². The number of amides is 1. The molecule has 0 saturated carbocycles. The molecule has 1 unspecified atom stereocenters. The zero-order valence-electron chi connectivity index (χ0n) is 10.0. The van der Waals surface area contributed by atoms with Gasteiger partial charge in [0.15, 0.2) is 0 Å². The van der Waals surface area contributed by atoms with Gasteiger partial charge in [-0.25, -0.2) is 9.78 Å². The van der Waals surface area contributed by atoms with E-state index < -0.39 is 17.9 Å². The van der Waals surface area contributed by atoms with Gasteiger partial charge in [-0.15, -0.1) is 0 Å². The molecule has 6 heteroatoms. The summed E-state index contributed by atoms with van der Waals surface area (Å²) in [6, 6.07) is 2.38. The molecule has 0 spiro atoms. The molecule has 0 aromatic carbocycles. The van der Waals surface area contributed by atoms with Crippen molar-refractivity contribution < 1.29 is 14.7 Å². The number of carbonyl (C=O) groups is 2. The highest BCUT2D eigenvalue weighted by Crippen LogP contribution is 2.07. The van der Waals surface area contributed by atoms with Gasteiger partial charge in [-0.05, 0) is 34.5 Å². The standard InChI is InChI=1S/C12H15BrN2O3/c1-2-3-4-9(12(17)18)15-11(16)8-5-6-10(13)14-7-8/h5-7,9H,2-4H2,1H3,(H,15,16)(H,17,18). The van der Waals surface area contributed by atoms with Gasteiger partial charge < -0.3 is 10.4 Å². The van der Waals surface area contributed by atoms with Crippen LogP contribution in [0.15, 0.2) is 22.9 Å². The third kappa shape index (κ3) is 4.44. The molecule has 0 radical (unpaired) electrons. The number of carboxylic acids is 1. The molecule has 5 nitrogen and oxygen atoms in total. The summed E-state index contributed by atoms with van der Waals surface area (Å²) >= 11 is 3.17. The van der Waals surface area contributed by atoms with Gasteiger partial charge in [0.05, 0.1) is 5.56 Å². The molecule has 0 saturated heterocycles. The van der Waals surface area contributed by atoms with Crippen LogP contribution in [0, 0.1) is 0 Å². The van der Waals surface area contributed by atoms with Gasteiger partial charge in [-0.2, -0.15) is 0 Å². The van der Waals surface area contributed by atoms with E-state index in [1.165, 1.54) is 6.20 Å². The largest absolute Gasteiger partial charge is 0.480 e. The van der Waals surface area contributed by atoms with Crippen molar-refractivity contribution in [2.24, 2.45) is 0 Å². The third-order valence-corrected chi connectivity index (χ3v) is 2.91. The lowest BCUT2D eigenvalue weighted by Gasteiger charge is -2.13. The summed E-state index contributed by atoms with van der Waals surface area (Å²) < 4.78 is 0.625. The smallest absolute Gasteiger partial charge is 0.326 e. The Morgan fingerprint density at radius 2 is 2.22 bits per heavy atom. The molecular weight excluding hydrogens is 300 g/mol. The minimum Gasteiger partial charge on any atom is -0.480 e. The Kier molecular flexibility index (Phi) is 5.77. The number of carbonyl (C=O) groups excluding carboxylic acids is 1. The van der Waals surface area contributed by atoms with E-state index in [-0.39, 0.29) is 0 Å². The Morgan fingerprint density at radius 1 is 1.50 bits per heavy atom. The van der Waals surface area contributed by atoms with Crippen molar-refractivity contribution in [3.05, 3.63) is 28.5 Å². The maximum absolute atomic E-state index is 11.8. The summed E-state index contributed by atoms with van der Waals surface area (Å²) in [4.78, 5) is 26.7. The Balaban J connectivity index is 2.66. The molecular formula is C12H15BrN2O3. The summed E-state index contributed by atoms with van der Waals surface area (Å²) in [5.41, 5.74) is 0.348. The minimum atomic E-state index is -1.01. The van der Waals surface area contributed by atoms with Crippen molar-refractivity contribution in [2.75, 3.05) is 0 Å². The van der Waals surface area contributed by atoms with Crippen molar-refractivity contribution in [3.8, 4) is 0 Å². The first-order valence-corrected chi connectivity index (χ1v) is 6.49. The molecule has 1 heterocycles. The summed E-state index contributed by atoms with van der Waals surface area (Å²) in [6.45, 7) is 1.97. The maximum atomic E-state index is 11.8. The highest BCUT2D eigenvalue weighted by Gasteiger charge is 2.19. The van der Waals surface area contributed by atoms with Crippen LogP contribution in [0.1, 0.15) is 36.5 Å². The van der Waals surface area contributed by atoms with E-state index in [1.54, 1.807) is 12.1 Å². The highest BCUT2D eigenvalue weighted by molar-refractivity contribution is 9.10. The number of aromatic nitrogens is 1. The molecule has 2 N–H and O–H groups in total. The van der Waals surface area contributed by atoms with E-state index in [2.05, 4.69) is 26.2 Å². The average Bonchev–Trinajstić information content (AvgIpc) is 2.34. The number of rotatable bonds is 6. The first-order valence-electron chi connectivity index (χ1n) is 5.69. The van der Waals surface area contributed by atoms with Crippen LogP contribution in [0.5, 0.6) is 0 Å². The van der Waals surface area contributed by atoms with Crippen LogP contribution in [-0.4, -0.2) is 28.0 Å². The molecule has 0 aliphatic carbocycles. The molecule has 1 aromatic rings. The predicted octanol–water partition coefficient (Wildman–Crippen LogP) is 2.22. The first-order chi connectivity index (χ1) is 8.54. The number of carboxylic acid groups (broad SMARTS) is 1. The van der Waals surface area contributed by atoms with E-state index in [1.807, 2.05) is 6.92 Å². The Bertz CT molecular complexity index is 420. The van der Waals surface area contributed by atoms with Crippen LogP contribution in [-0.2, 0) is 4.79 Å². The fourth-order valence-electron chi connectivity index (χ4n) is 1.42. The SMILES string of the molecule is CCCCC(NC(=O)c1ccc(Br)nc1)C(=O)O. The second kappa shape index (κ2) is 7.10. The van der Waals surface area contributed by atoms with Gasteiger partial charge in [0.25, 0.3) is 5.91 Å². The molecule has 0 aliphatic rings. The second-order valence-corrected chi connectivity index (χ2v) is 4.69. The van der Waals surface area contributed by atoms with Crippen LogP contribution < -0.4 is 5.32 Å². The Hall–Kier alpha value is -1.43. The molecule has 0 aliphatic heterocycles. The predicted molar refractivity (Wildman–Crippen MR) is 70.4 cm³/mol. The summed E-state index contributed by atoms with van der Waals surface area (Å²) in [5.74, 6) is -1.43. The Morgan fingerprint density at radius 3 is 2.72 bits per heavy atom. The molecule has 1 amide bonds. The van der Waals surface area contributed by atoms with Crippen molar-refractivity contribution in [2.45, 2.75) is 32.2 Å². The fraction of sp³-hybridized carbons (Fsp3) is 0.417. The van der Waals surface area contributed by atoms with Gasteiger partial charge in [-0.1, -0.05) is 19.8 Å². The molecule has 18 heavy (non-hydrogen) atoms. The van der Waals surface area contributed by atoms with E-state index in [0.717, 1.165) is 12.8 Å². The fourth-order valence-corrected chi connectivity index (χ4v) is 1.65. The molecule has 98 valence electrons. The zero-order chi connectivity index (χ0) is 13.5. The van der Waals surface area contributed by atoms with Crippen LogP contribution in [0.2, 0.25) is 0 Å². The van der Waals surface area contributed by atoms with E-state index in [0.29, 0.717) is 16.6 Å². The van der Waals surface area contributed by atoms with Crippen LogP contribution in [0.4, 0.5) is 0 Å². The lowest BCUT2D eigenvalue weighted by atomic mass is 10.1. The molecule has 0 bridgehead atoms.